The highest BCUT2D eigenvalue weighted by atomic mass is 31.1. The number of esters is 1. The topological polar surface area (TPSA) is 204 Å². The van der Waals surface area contributed by atoms with Gasteiger partial charge in [-0.15, -0.1) is 0 Å². The molecule has 38 heavy (non-hydrogen) atoms. The van der Waals surface area contributed by atoms with Gasteiger partial charge in [0.05, 0.1) is 12.7 Å². The number of aliphatic hydroxyl groups is 1. The highest BCUT2D eigenvalue weighted by Gasteiger charge is 2.57. The Bertz CT molecular complexity index is 1260. The summed E-state index contributed by atoms with van der Waals surface area (Å²) in [6.07, 6.45) is -5.48. The van der Waals surface area contributed by atoms with E-state index in [1.54, 1.807) is 32.0 Å². The first-order chi connectivity index (χ1) is 18.0. The van der Waals surface area contributed by atoms with E-state index in [-0.39, 0.29) is 11.6 Å². The lowest BCUT2D eigenvalue weighted by molar-refractivity contribution is -0.159. The summed E-state index contributed by atoms with van der Waals surface area (Å²) in [6, 6.07) is 8.00. The lowest BCUT2D eigenvalue weighted by Gasteiger charge is -2.29. The molecule has 3 N–H and O–H groups in total. The average molecular weight is 555 g/mol. The Kier molecular flexibility index (Phi) is 9.44. The Hall–Kier alpha value is -3.52. The van der Waals surface area contributed by atoms with Crippen molar-refractivity contribution in [1.82, 2.24) is 14.4 Å². The predicted molar refractivity (Wildman–Crippen MR) is 130 cm³/mol. The van der Waals surface area contributed by atoms with Crippen LogP contribution in [0.5, 0.6) is 5.75 Å². The van der Waals surface area contributed by atoms with Crippen LogP contribution in [0.1, 0.15) is 27.0 Å². The largest absolute Gasteiger partial charge is 0.462 e. The van der Waals surface area contributed by atoms with Gasteiger partial charge in [-0.25, -0.2) is 9.18 Å². The van der Waals surface area contributed by atoms with Crippen LogP contribution in [-0.2, 0) is 23.4 Å². The smallest absolute Gasteiger partial charge is 0.351 e. The average Bonchev–Trinajstić information content (AvgIpc) is 3.11. The van der Waals surface area contributed by atoms with Crippen molar-refractivity contribution in [3.63, 3.8) is 0 Å². The SMILES string of the molecule is CC(C)OC(=O)C(C)N(Oc1ccccc1)[PH](=O)OC[C@@]1(N=[N+]=[N-])O[C@@H](n2ccc(N)nc2=O)[C@H](O)[C@@H]1F. The molecule has 1 aromatic carbocycles. The zero-order chi connectivity index (χ0) is 28.0. The number of aromatic nitrogens is 2. The summed E-state index contributed by atoms with van der Waals surface area (Å²) in [5.74, 6) is -0.703. The van der Waals surface area contributed by atoms with Gasteiger partial charge >= 0.3 is 11.7 Å². The lowest BCUT2D eigenvalue weighted by Crippen LogP contribution is -2.43. The lowest BCUT2D eigenvalue weighted by atomic mass is 10.1. The summed E-state index contributed by atoms with van der Waals surface area (Å²) in [4.78, 5) is 37.1. The number of halogens is 1. The number of hydrogen-bond donors (Lipinski definition) is 2. The maximum absolute atomic E-state index is 15.3. The molecular weight excluding hydrogens is 528 g/mol. The van der Waals surface area contributed by atoms with E-state index in [0.717, 1.165) is 15.6 Å². The molecule has 0 amide bonds. The van der Waals surface area contributed by atoms with Crippen molar-refractivity contribution in [2.45, 2.75) is 57.1 Å². The van der Waals surface area contributed by atoms with E-state index in [1.807, 2.05) is 0 Å². The number of carbonyl (C=O) groups excluding carboxylic acids is 1. The maximum atomic E-state index is 15.3. The number of nitrogens with zero attached hydrogens (tertiary/aromatic N) is 6. The van der Waals surface area contributed by atoms with Gasteiger partial charge in [-0.2, -0.15) is 4.98 Å². The van der Waals surface area contributed by atoms with Crippen molar-refractivity contribution in [2.24, 2.45) is 5.11 Å². The summed E-state index contributed by atoms with van der Waals surface area (Å²) in [5.41, 5.74) is 11.0. The number of aliphatic hydroxyl groups excluding tert-OH is 1. The molecule has 0 saturated carbocycles. The summed E-state index contributed by atoms with van der Waals surface area (Å²) in [7, 11) is -3.53. The van der Waals surface area contributed by atoms with E-state index in [2.05, 4.69) is 15.0 Å². The Morgan fingerprint density at radius 1 is 1.39 bits per heavy atom. The van der Waals surface area contributed by atoms with Gasteiger partial charge in [-0.3, -0.25) is 13.9 Å². The second-order valence-electron chi connectivity index (χ2n) is 8.42. The molecule has 1 aliphatic rings. The van der Waals surface area contributed by atoms with Gasteiger partial charge in [0, 0.05) is 11.1 Å². The fourth-order valence-electron chi connectivity index (χ4n) is 3.42. The third-order valence-electron chi connectivity index (χ3n) is 5.26. The number of rotatable bonds is 11. The molecule has 15 nitrogen and oxygen atoms in total. The first kappa shape index (κ1) is 29.0. The summed E-state index contributed by atoms with van der Waals surface area (Å²) in [6.45, 7) is 3.62. The molecule has 2 unspecified atom stereocenters. The van der Waals surface area contributed by atoms with Crippen LogP contribution in [0.3, 0.4) is 0 Å². The first-order valence-electron chi connectivity index (χ1n) is 11.3. The van der Waals surface area contributed by atoms with Gasteiger partial charge in [-0.05, 0) is 44.5 Å². The number of nitrogens with two attached hydrogens (primary N) is 1. The van der Waals surface area contributed by atoms with E-state index in [9.17, 15) is 19.3 Å². The molecule has 1 aromatic heterocycles. The van der Waals surface area contributed by atoms with Crippen LogP contribution in [0.25, 0.3) is 10.4 Å². The van der Waals surface area contributed by atoms with Crippen molar-refractivity contribution in [2.75, 3.05) is 12.3 Å². The fraction of sp³-hybridized carbons (Fsp3) is 0.476. The van der Waals surface area contributed by atoms with Gasteiger partial charge in [-0.1, -0.05) is 28.1 Å². The highest BCUT2D eigenvalue weighted by Crippen LogP contribution is 2.43. The molecule has 0 aliphatic carbocycles. The number of nitrogen functional groups attached to an aromatic ring is 1. The zero-order valence-electron chi connectivity index (χ0n) is 20.6. The Labute approximate surface area is 216 Å². The van der Waals surface area contributed by atoms with Gasteiger partial charge in [0.15, 0.2) is 12.4 Å². The van der Waals surface area contributed by atoms with E-state index in [0.29, 0.717) is 0 Å². The minimum absolute atomic E-state index is 0.123. The molecule has 2 aromatic rings. The number of hydrogen-bond acceptors (Lipinski definition) is 11. The number of benzene rings is 1. The second-order valence-corrected chi connectivity index (χ2v) is 9.68. The van der Waals surface area contributed by atoms with Gasteiger partial charge in [0.25, 0.3) is 8.18 Å². The number of hydroxylamine groups is 1. The molecule has 0 radical (unpaired) electrons. The van der Waals surface area contributed by atoms with Crippen molar-refractivity contribution in [3.05, 3.63) is 63.5 Å². The maximum Gasteiger partial charge on any atom is 0.351 e. The number of para-hydroxylation sites is 1. The molecule has 6 atom stereocenters. The molecule has 1 aliphatic heterocycles. The third-order valence-corrected chi connectivity index (χ3v) is 6.49. The van der Waals surface area contributed by atoms with Crippen LogP contribution < -0.4 is 16.3 Å². The van der Waals surface area contributed by atoms with Crippen molar-refractivity contribution in [3.8, 4) is 5.75 Å². The molecule has 3 rings (SSSR count). The van der Waals surface area contributed by atoms with Crippen molar-refractivity contribution >= 4 is 20.0 Å². The molecule has 2 heterocycles. The first-order valence-corrected chi connectivity index (χ1v) is 12.6. The molecule has 17 heteroatoms. The third kappa shape index (κ3) is 6.48. The van der Waals surface area contributed by atoms with E-state index in [1.165, 1.54) is 25.1 Å². The zero-order valence-corrected chi connectivity index (χ0v) is 21.6. The normalized spacial score (nSPS) is 24.6. The van der Waals surface area contributed by atoms with Crippen LogP contribution >= 0.6 is 8.18 Å². The van der Waals surface area contributed by atoms with Gasteiger partial charge in [0.1, 0.15) is 23.7 Å². The number of alkyl halides is 1. The number of anilines is 1. The minimum atomic E-state index is -3.53. The van der Waals surface area contributed by atoms with Gasteiger partial charge < -0.3 is 29.7 Å². The summed E-state index contributed by atoms with van der Waals surface area (Å²) >= 11 is 0. The van der Waals surface area contributed by atoms with Crippen LogP contribution in [0, 0.1) is 0 Å². The summed E-state index contributed by atoms with van der Waals surface area (Å²) in [5, 5.41) is 13.8. The second kappa shape index (κ2) is 12.3. The molecule has 0 bridgehead atoms. The Morgan fingerprint density at radius 3 is 2.68 bits per heavy atom. The fourth-order valence-corrected chi connectivity index (χ4v) is 4.48. The van der Waals surface area contributed by atoms with E-state index < -0.39 is 62.8 Å². The Morgan fingerprint density at radius 2 is 2.08 bits per heavy atom. The Balaban J connectivity index is 1.85. The number of ether oxygens (including phenoxy) is 2. The van der Waals surface area contributed by atoms with Crippen LogP contribution in [-0.4, -0.2) is 62.2 Å². The summed E-state index contributed by atoms with van der Waals surface area (Å²) < 4.78 is 45.2. The quantitative estimate of drug-likeness (QED) is 0.103. The molecule has 206 valence electrons. The highest BCUT2D eigenvalue weighted by molar-refractivity contribution is 7.36. The minimum Gasteiger partial charge on any atom is -0.462 e. The number of carbonyl (C=O) groups is 1. The standard InChI is InChI=1S/C21H27FN7O8P/c1-12(2)35-19(31)13(3)29(37-14-7-5-4-6-8-14)38(33)34-11-21(26-27-24)17(22)16(30)18(36-21)28-10-9-15(23)25-20(28)32/h4-10,12-13,16-18,30,38H,11H2,1-3H3,(H2,23,25,32)/t13?,16-,17+,18-,21-/m1/s1. The monoisotopic (exact) mass is 555 g/mol. The number of azide groups is 1. The van der Waals surface area contributed by atoms with Crippen LogP contribution in [0.2, 0.25) is 0 Å². The van der Waals surface area contributed by atoms with E-state index in [4.69, 9.17) is 30.1 Å². The van der Waals surface area contributed by atoms with Crippen molar-refractivity contribution < 1.29 is 37.7 Å². The van der Waals surface area contributed by atoms with Crippen LogP contribution in [0.15, 0.2) is 52.5 Å². The molecule has 1 fully saturated rings. The molecular formula is C21H27FN7O8P. The van der Waals surface area contributed by atoms with Gasteiger partial charge in [0.2, 0.25) is 5.72 Å². The van der Waals surface area contributed by atoms with E-state index >= 15 is 4.39 Å². The predicted octanol–water partition coefficient (Wildman–Crippen LogP) is 2.10. The van der Waals surface area contributed by atoms with Crippen molar-refractivity contribution in [1.29, 1.82) is 0 Å². The molecule has 1 saturated heterocycles. The molecule has 0 spiro atoms. The van der Waals surface area contributed by atoms with Crippen LogP contribution in [0.4, 0.5) is 10.2 Å².